The molecule has 0 bridgehead atoms. The fraction of sp³-hybridized carbons (Fsp3) is 0.444. The first-order chi connectivity index (χ1) is 11.3. The summed E-state index contributed by atoms with van der Waals surface area (Å²) in [6.45, 7) is 7.88. The number of aromatic nitrogens is 1. The highest BCUT2D eigenvalue weighted by Gasteiger charge is 2.20. The normalized spacial score (nSPS) is 12.7. The molecule has 0 radical (unpaired) electrons. The van der Waals surface area contributed by atoms with E-state index in [-0.39, 0.29) is 6.04 Å². The van der Waals surface area contributed by atoms with Crippen molar-refractivity contribution in [2.75, 3.05) is 13.7 Å². The molecule has 6 heteroatoms. The summed E-state index contributed by atoms with van der Waals surface area (Å²) >= 11 is 1.62. The maximum absolute atomic E-state index is 12.0. The Morgan fingerprint density at radius 2 is 1.96 bits per heavy atom. The van der Waals surface area contributed by atoms with E-state index in [0.717, 1.165) is 21.7 Å². The van der Waals surface area contributed by atoms with Crippen LogP contribution in [0.2, 0.25) is 0 Å². The maximum Gasteiger partial charge on any atom is 0.408 e. The van der Waals surface area contributed by atoms with Gasteiger partial charge >= 0.3 is 6.09 Å². The molecule has 1 atom stereocenters. The maximum atomic E-state index is 12.0. The van der Waals surface area contributed by atoms with E-state index in [1.807, 2.05) is 57.5 Å². The topological polar surface area (TPSA) is 60.5 Å². The smallest absolute Gasteiger partial charge is 0.408 e. The first-order valence-electron chi connectivity index (χ1n) is 7.79. The average Bonchev–Trinajstić information content (AvgIpc) is 2.91. The number of rotatable bonds is 5. The molecule has 1 N–H and O–H groups in total. The van der Waals surface area contributed by atoms with E-state index in [1.54, 1.807) is 18.4 Å². The van der Waals surface area contributed by atoms with E-state index in [0.29, 0.717) is 6.61 Å². The Morgan fingerprint density at radius 1 is 1.29 bits per heavy atom. The van der Waals surface area contributed by atoms with Crippen molar-refractivity contribution in [3.8, 4) is 10.4 Å². The van der Waals surface area contributed by atoms with E-state index < -0.39 is 11.7 Å². The van der Waals surface area contributed by atoms with Gasteiger partial charge in [-0.2, -0.15) is 0 Å². The van der Waals surface area contributed by atoms with Crippen molar-refractivity contribution in [1.82, 2.24) is 10.3 Å². The second kappa shape index (κ2) is 7.77. The number of alkyl carbamates (subject to hydrolysis) is 1. The lowest BCUT2D eigenvalue weighted by molar-refractivity contribution is 0.0468. The number of methoxy groups -OCH3 is 1. The van der Waals surface area contributed by atoms with Crippen molar-refractivity contribution >= 4 is 17.4 Å². The molecule has 1 unspecified atom stereocenters. The minimum absolute atomic E-state index is 0.263. The Kier molecular flexibility index (Phi) is 5.96. The summed E-state index contributed by atoms with van der Waals surface area (Å²) in [6, 6.07) is 7.80. The summed E-state index contributed by atoms with van der Waals surface area (Å²) in [6.07, 6.45) is -0.452. The molecule has 5 nitrogen and oxygen atoms in total. The summed E-state index contributed by atoms with van der Waals surface area (Å²) in [4.78, 5) is 17.5. The fourth-order valence-electron chi connectivity index (χ4n) is 2.28. The third-order valence-electron chi connectivity index (χ3n) is 3.35. The van der Waals surface area contributed by atoms with Gasteiger partial charge in [-0.05, 0) is 38.8 Å². The first kappa shape index (κ1) is 18.4. The highest BCUT2D eigenvalue weighted by molar-refractivity contribution is 7.13. The number of thiazole rings is 1. The number of carbonyl (C=O) groups is 1. The molecule has 24 heavy (non-hydrogen) atoms. The molecule has 0 fully saturated rings. The third kappa shape index (κ3) is 5.04. The number of hydrogen-bond acceptors (Lipinski definition) is 5. The zero-order valence-corrected chi connectivity index (χ0v) is 15.6. The molecular formula is C18H24N2O3S. The molecule has 1 aromatic carbocycles. The minimum Gasteiger partial charge on any atom is -0.444 e. The van der Waals surface area contributed by atoms with Crippen molar-refractivity contribution in [2.24, 2.45) is 0 Å². The molecule has 0 saturated carbocycles. The molecule has 1 aromatic heterocycles. The molecular weight excluding hydrogens is 324 g/mol. The molecule has 2 aromatic rings. The van der Waals surface area contributed by atoms with E-state index in [4.69, 9.17) is 9.47 Å². The SMILES string of the molecule is COCC(NC(=O)OC(C)(C)C)c1ccc(-c2scnc2C)cc1. The van der Waals surface area contributed by atoms with Gasteiger partial charge in [-0.3, -0.25) is 0 Å². The van der Waals surface area contributed by atoms with Crippen LogP contribution in [0.1, 0.15) is 38.1 Å². The van der Waals surface area contributed by atoms with Crippen molar-refractivity contribution in [1.29, 1.82) is 0 Å². The van der Waals surface area contributed by atoms with Crippen molar-refractivity contribution in [3.05, 3.63) is 41.0 Å². The monoisotopic (exact) mass is 348 g/mol. The largest absolute Gasteiger partial charge is 0.444 e. The van der Waals surface area contributed by atoms with Gasteiger partial charge in [0.05, 0.1) is 28.7 Å². The second-order valence-corrected chi connectivity index (χ2v) is 7.40. The number of amides is 1. The average molecular weight is 348 g/mol. The van der Waals surface area contributed by atoms with E-state index >= 15 is 0 Å². The van der Waals surface area contributed by atoms with Crippen LogP contribution in [0.4, 0.5) is 4.79 Å². The predicted molar refractivity (Wildman–Crippen MR) is 96.3 cm³/mol. The van der Waals surface area contributed by atoms with Crippen LogP contribution in [0.25, 0.3) is 10.4 Å². The Labute approximate surface area is 147 Å². The van der Waals surface area contributed by atoms with Gasteiger partial charge in [0.1, 0.15) is 5.60 Å². The van der Waals surface area contributed by atoms with Gasteiger partial charge in [0.25, 0.3) is 0 Å². The Bertz CT molecular complexity index is 674. The number of benzene rings is 1. The second-order valence-electron chi connectivity index (χ2n) is 6.54. The molecule has 0 aliphatic rings. The molecule has 2 rings (SSSR count). The van der Waals surface area contributed by atoms with Crippen LogP contribution < -0.4 is 5.32 Å². The van der Waals surface area contributed by atoms with Gasteiger partial charge in [0.15, 0.2) is 0 Å². The minimum atomic E-state index is -0.532. The van der Waals surface area contributed by atoms with E-state index in [9.17, 15) is 4.79 Å². The third-order valence-corrected chi connectivity index (χ3v) is 4.32. The highest BCUT2D eigenvalue weighted by Crippen LogP contribution is 2.28. The molecule has 1 amide bonds. The summed E-state index contributed by atoms with van der Waals surface area (Å²) in [5.74, 6) is 0. The van der Waals surface area contributed by atoms with Crippen LogP contribution in [-0.2, 0) is 9.47 Å². The van der Waals surface area contributed by atoms with Gasteiger partial charge in [-0.15, -0.1) is 11.3 Å². The van der Waals surface area contributed by atoms with Crippen LogP contribution in [0.15, 0.2) is 29.8 Å². The van der Waals surface area contributed by atoms with Crippen molar-refractivity contribution < 1.29 is 14.3 Å². The fourth-order valence-corrected chi connectivity index (χ4v) is 3.10. The Hall–Kier alpha value is -1.92. The van der Waals surface area contributed by atoms with Gasteiger partial charge < -0.3 is 14.8 Å². The van der Waals surface area contributed by atoms with Gasteiger partial charge in [0, 0.05) is 7.11 Å². The van der Waals surface area contributed by atoms with Crippen LogP contribution in [0, 0.1) is 6.92 Å². The molecule has 0 spiro atoms. The summed E-state index contributed by atoms with van der Waals surface area (Å²) in [7, 11) is 1.61. The predicted octanol–water partition coefficient (Wildman–Crippen LogP) is 4.33. The Balaban J connectivity index is 2.13. The van der Waals surface area contributed by atoms with Crippen LogP contribution in [0.3, 0.4) is 0 Å². The zero-order chi connectivity index (χ0) is 17.7. The first-order valence-corrected chi connectivity index (χ1v) is 8.67. The summed E-state index contributed by atoms with van der Waals surface area (Å²) in [5, 5.41) is 2.86. The number of nitrogens with zero attached hydrogens (tertiary/aromatic N) is 1. The lowest BCUT2D eigenvalue weighted by Crippen LogP contribution is -2.36. The van der Waals surface area contributed by atoms with Crippen molar-refractivity contribution in [3.63, 3.8) is 0 Å². The quantitative estimate of drug-likeness (QED) is 0.873. The molecule has 0 aliphatic carbocycles. The Morgan fingerprint density at radius 3 is 2.46 bits per heavy atom. The molecule has 0 saturated heterocycles. The van der Waals surface area contributed by atoms with Gasteiger partial charge in [-0.25, -0.2) is 9.78 Å². The number of nitrogens with one attached hydrogen (secondary N) is 1. The van der Waals surface area contributed by atoms with E-state index in [1.165, 1.54) is 0 Å². The molecule has 1 heterocycles. The number of aryl methyl sites for hydroxylation is 1. The summed E-state index contributed by atoms with van der Waals surface area (Å²) in [5.41, 5.74) is 4.42. The van der Waals surface area contributed by atoms with E-state index in [2.05, 4.69) is 10.3 Å². The molecule has 130 valence electrons. The number of hydrogen-bond donors (Lipinski definition) is 1. The summed E-state index contributed by atoms with van der Waals surface area (Å²) < 4.78 is 10.6. The lowest BCUT2D eigenvalue weighted by Gasteiger charge is -2.23. The number of ether oxygens (including phenoxy) is 2. The highest BCUT2D eigenvalue weighted by atomic mass is 32.1. The van der Waals surface area contributed by atoms with Crippen molar-refractivity contribution in [2.45, 2.75) is 39.3 Å². The zero-order valence-electron chi connectivity index (χ0n) is 14.8. The number of carbonyl (C=O) groups excluding carboxylic acids is 1. The van der Waals surface area contributed by atoms with Crippen LogP contribution in [-0.4, -0.2) is 30.4 Å². The van der Waals surface area contributed by atoms with Crippen LogP contribution in [0.5, 0.6) is 0 Å². The van der Waals surface area contributed by atoms with Crippen LogP contribution >= 0.6 is 11.3 Å². The van der Waals surface area contributed by atoms with Gasteiger partial charge in [-0.1, -0.05) is 24.3 Å². The standard InChI is InChI=1S/C18H24N2O3S/c1-12-16(24-11-19-12)14-8-6-13(7-9-14)15(10-22-5)20-17(21)23-18(2,3)4/h6-9,11,15H,10H2,1-5H3,(H,20,21). The van der Waals surface area contributed by atoms with Gasteiger partial charge in [0.2, 0.25) is 0 Å². The lowest BCUT2D eigenvalue weighted by atomic mass is 10.0. The molecule has 0 aliphatic heterocycles.